The molecule has 0 amide bonds. The van der Waals surface area contributed by atoms with Crippen molar-refractivity contribution in [2.45, 2.75) is 12.8 Å². The van der Waals surface area contributed by atoms with Crippen LogP contribution in [0.2, 0.25) is 0 Å². The van der Waals surface area contributed by atoms with E-state index in [1.807, 2.05) is 24.3 Å². The number of pyridine rings is 1. The van der Waals surface area contributed by atoms with Gasteiger partial charge in [0.2, 0.25) is 0 Å². The van der Waals surface area contributed by atoms with Crippen LogP contribution in [0, 0.1) is 0 Å². The van der Waals surface area contributed by atoms with Crippen molar-refractivity contribution in [3.8, 4) is 0 Å². The Bertz CT molecular complexity index is 579. The molecular weight excluding hydrogens is 242 g/mol. The molecule has 0 aliphatic rings. The van der Waals surface area contributed by atoms with E-state index in [9.17, 15) is 4.79 Å². The van der Waals surface area contributed by atoms with Gasteiger partial charge in [-0.15, -0.1) is 0 Å². The van der Waals surface area contributed by atoms with Gasteiger partial charge in [-0.3, -0.25) is 4.79 Å². The first kappa shape index (κ1) is 13.1. The van der Waals surface area contributed by atoms with Crippen molar-refractivity contribution in [3.05, 3.63) is 30.5 Å². The summed E-state index contributed by atoms with van der Waals surface area (Å²) in [5, 5.41) is 5.18. The molecule has 0 aliphatic heterocycles. The Hall–Kier alpha value is -2.30. The maximum atomic E-state index is 11.0. The summed E-state index contributed by atoms with van der Waals surface area (Å²) in [5.41, 5.74) is 6.67. The minimum Gasteiger partial charge on any atom is -0.469 e. The quantitative estimate of drug-likeness (QED) is 0.489. The number of fused-ring (bicyclic) bond motifs is 1. The molecule has 0 aliphatic carbocycles. The highest BCUT2D eigenvalue weighted by Crippen LogP contribution is 2.26. The second-order valence-corrected chi connectivity index (χ2v) is 4.21. The molecular formula is C14H17N3O2. The number of nitrogens with two attached hydrogens (primary N) is 1. The zero-order valence-electron chi connectivity index (χ0n) is 10.8. The Morgan fingerprint density at radius 1 is 1.42 bits per heavy atom. The highest BCUT2D eigenvalue weighted by atomic mass is 16.5. The summed E-state index contributed by atoms with van der Waals surface area (Å²) in [4.78, 5) is 15.3. The van der Waals surface area contributed by atoms with E-state index < -0.39 is 0 Å². The Kier molecular flexibility index (Phi) is 4.18. The van der Waals surface area contributed by atoms with Crippen LogP contribution in [0.25, 0.3) is 10.8 Å². The normalized spacial score (nSPS) is 10.4. The second kappa shape index (κ2) is 6.04. The molecule has 0 unspecified atom stereocenters. The van der Waals surface area contributed by atoms with Crippen LogP contribution in [0.15, 0.2) is 30.5 Å². The Balaban J connectivity index is 2.07. The third-order valence-corrected chi connectivity index (χ3v) is 2.90. The van der Waals surface area contributed by atoms with Crippen molar-refractivity contribution in [2.75, 3.05) is 24.7 Å². The van der Waals surface area contributed by atoms with Gasteiger partial charge in [-0.25, -0.2) is 4.98 Å². The maximum absolute atomic E-state index is 11.0. The molecule has 19 heavy (non-hydrogen) atoms. The molecule has 0 saturated heterocycles. The minimum atomic E-state index is -0.202. The first-order valence-electron chi connectivity index (χ1n) is 6.16. The van der Waals surface area contributed by atoms with Gasteiger partial charge in [-0.05, 0) is 23.9 Å². The number of hydrogen-bond donors (Lipinski definition) is 2. The lowest BCUT2D eigenvalue weighted by Gasteiger charge is -2.10. The summed E-state index contributed by atoms with van der Waals surface area (Å²) in [6, 6.07) is 7.68. The van der Waals surface area contributed by atoms with Crippen molar-refractivity contribution in [2.24, 2.45) is 0 Å². The van der Waals surface area contributed by atoms with Crippen molar-refractivity contribution < 1.29 is 9.53 Å². The smallest absolute Gasteiger partial charge is 0.305 e. The zero-order valence-corrected chi connectivity index (χ0v) is 10.8. The third kappa shape index (κ3) is 3.13. The fourth-order valence-electron chi connectivity index (χ4n) is 1.93. The highest BCUT2D eigenvalue weighted by Gasteiger charge is 2.05. The van der Waals surface area contributed by atoms with Gasteiger partial charge in [-0.1, -0.05) is 12.1 Å². The molecule has 0 fully saturated rings. The molecule has 100 valence electrons. The van der Waals surface area contributed by atoms with Crippen LogP contribution >= 0.6 is 0 Å². The maximum Gasteiger partial charge on any atom is 0.305 e. The molecule has 0 spiro atoms. The van der Waals surface area contributed by atoms with Crippen molar-refractivity contribution in [1.82, 2.24) is 4.98 Å². The average molecular weight is 259 g/mol. The van der Waals surface area contributed by atoms with Crippen LogP contribution < -0.4 is 11.1 Å². The van der Waals surface area contributed by atoms with Gasteiger partial charge in [0.25, 0.3) is 0 Å². The SMILES string of the molecule is COC(=O)CCCNc1nccc2cccc(N)c12. The number of rotatable bonds is 5. The summed E-state index contributed by atoms with van der Waals surface area (Å²) >= 11 is 0. The number of nitrogens with zero attached hydrogens (tertiary/aromatic N) is 1. The third-order valence-electron chi connectivity index (χ3n) is 2.90. The second-order valence-electron chi connectivity index (χ2n) is 4.21. The summed E-state index contributed by atoms with van der Waals surface area (Å²) in [7, 11) is 1.39. The van der Waals surface area contributed by atoms with E-state index >= 15 is 0 Å². The molecule has 0 bridgehead atoms. The van der Waals surface area contributed by atoms with E-state index in [2.05, 4.69) is 15.0 Å². The lowest BCUT2D eigenvalue weighted by molar-refractivity contribution is -0.140. The lowest BCUT2D eigenvalue weighted by Crippen LogP contribution is -2.08. The molecule has 3 N–H and O–H groups in total. The van der Waals surface area contributed by atoms with E-state index in [0.29, 0.717) is 25.1 Å². The van der Waals surface area contributed by atoms with E-state index in [0.717, 1.165) is 16.6 Å². The monoisotopic (exact) mass is 259 g/mol. The van der Waals surface area contributed by atoms with Gasteiger partial charge < -0.3 is 15.8 Å². The van der Waals surface area contributed by atoms with Gasteiger partial charge in [-0.2, -0.15) is 0 Å². The predicted molar refractivity (Wildman–Crippen MR) is 75.9 cm³/mol. The summed E-state index contributed by atoms with van der Waals surface area (Å²) in [6.45, 7) is 0.648. The van der Waals surface area contributed by atoms with Gasteiger partial charge in [0.15, 0.2) is 0 Å². The largest absolute Gasteiger partial charge is 0.469 e. The Morgan fingerprint density at radius 2 is 2.26 bits per heavy atom. The fraction of sp³-hybridized carbons (Fsp3) is 0.286. The van der Waals surface area contributed by atoms with Crippen molar-refractivity contribution in [3.63, 3.8) is 0 Å². The number of methoxy groups -OCH3 is 1. The summed E-state index contributed by atoms with van der Waals surface area (Å²) in [6.07, 6.45) is 2.83. The molecule has 2 rings (SSSR count). The van der Waals surface area contributed by atoms with Gasteiger partial charge in [0, 0.05) is 30.2 Å². The van der Waals surface area contributed by atoms with Crippen LogP contribution in [0.3, 0.4) is 0 Å². The highest BCUT2D eigenvalue weighted by molar-refractivity contribution is 6.00. The number of carbonyl (C=O) groups is 1. The summed E-state index contributed by atoms with van der Waals surface area (Å²) in [5.74, 6) is 0.549. The molecule has 0 radical (unpaired) electrons. The molecule has 2 aromatic rings. The molecule has 1 aromatic carbocycles. The first-order chi connectivity index (χ1) is 9.22. The van der Waals surface area contributed by atoms with Crippen LogP contribution in [0.5, 0.6) is 0 Å². The standard InChI is InChI=1S/C14H17N3O2/c1-19-12(18)6-3-8-16-14-13-10(7-9-17-14)4-2-5-11(13)15/h2,4-5,7,9H,3,6,8,15H2,1H3,(H,16,17). The number of hydrogen-bond acceptors (Lipinski definition) is 5. The number of aromatic nitrogens is 1. The van der Waals surface area contributed by atoms with Crippen LogP contribution in [-0.4, -0.2) is 24.6 Å². The fourth-order valence-corrected chi connectivity index (χ4v) is 1.93. The zero-order chi connectivity index (χ0) is 13.7. The lowest BCUT2D eigenvalue weighted by atomic mass is 10.1. The molecule has 1 heterocycles. The predicted octanol–water partition coefficient (Wildman–Crippen LogP) is 2.18. The van der Waals surface area contributed by atoms with Crippen LogP contribution in [0.1, 0.15) is 12.8 Å². The van der Waals surface area contributed by atoms with Crippen molar-refractivity contribution in [1.29, 1.82) is 0 Å². The van der Waals surface area contributed by atoms with E-state index in [1.54, 1.807) is 6.20 Å². The van der Waals surface area contributed by atoms with E-state index in [1.165, 1.54) is 7.11 Å². The number of benzene rings is 1. The molecule has 5 nitrogen and oxygen atoms in total. The minimum absolute atomic E-state index is 0.202. The number of nitrogens with one attached hydrogen (secondary N) is 1. The number of carbonyl (C=O) groups excluding carboxylic acids is 1. The van der Waals surface area contributed by atoms with Gasteiger partial charge in [0.05, 0.1) is 7.11 Å². The first-order valence-corrected chi connectivity index (χ1v) is 6.16. The molecule has 5 heteroatoms. The van der Waals surface area contributed by atoms with Gasteiger partial charge in [0.1, 0.15) is 5.82 Å². The van der Waals surface area contributed by atoms with Gasteiger partial charge >= 0.3 is 5.97 Å². The number of anilines is 2. The Labute approximate surface area is 111 Å². The summed E-state index contributed by atoms with van der Waals surface area (Å²) < 4.78 is 4.59. The Morgan fingerprint density at radius 3 is 3.05 bits per heavy atom. The molecule has 0 saturated carbocycles. The number of esters is 1. The molecule has 0 atom stereocenters. The molecule has 1 aromatic heterocycles. The van der Waals surface area contributed by atoms with Crippen LogP contribution in [-0.2, 0) is 9.53 Å². The number of nitrogen functional groups attached to an aromatic ring is 1. The van der Waals surface area contributed by atoms with E-state index in [-0.39, 0.29) is 5.97 Å². The van der Waals surface area contributed by atoms with Crippen LogP contribution in [0.4, 0.5) is 11.5 Å². The topological polar surface area (TPSA) is 77.2 Å². The number of ether oxygens (including phenoxy) is 1. The van der Waals surface area contributed by atoms with Crippen molar-refractivity contribution >= 4 is 28.2 Å². The average Bonchev–Trinajstić information content (AvgIpc) is 2.43. The van der Waals surface area contributed by atoms with E-state index in [4.69, 9.17) is 5.73 Å².